The van der Waals surface area contributed by atoms with Gasteiger partial charge in [0.15, 0.2) is 0 Å². The van der Waals surface area contributed by atoms with E-state index in [1.165, 1.54) is 0 Å². The molecular weight excluding hydrogens is 176 g/mol. The number of nitrogens with zero attached hydrogens (tertiary/aromatic N) is 3. The van der Waals surface area contributed by atoms with Crippen LogP contribution in [0.5, 0.6) is 0 Å². The molecule has 4 heteroatoms. The SMILES string of the molecule is Cc1nnc(N)cc1-c1ccncc1. The quantitative estimate of drug-likeness (QED) is 0.731. The highest BCUT2D eigenvalue weighted by Crippen LogP contribution is 2.21. The fourth-order valence-corrected chi connectivity index (χ4v) is 1.29. The van der Waals surface area contributed by atoms with Gasteiger partial charge in [0.1, 0.15) is 5.82 Å². The Morgan fingerprint density at radius 1 is 1.14 bits per heavy atom. The lowest BCUT2D eigenvalue weighted by atomic mass is 10.1. The van der Waals surface area contributed by atoms with Crippen LogP contribution in [0.2, 0.25) is 0 Å². The lowest BCUT2D eigenvalue weighted by Crippen LogP contribution is -1.97. The fourth-order valence-electron chi connectivity index (χ4n) is 1.29. The van der Waals surface area contributed by atoms with Gasteiger partial charge in [-0.2, -0.15) is 5.10 Å². The summed E-state index contributed by atoms with van der Waals surface area (Å²) in [6.45, 7) is 1.90. The summed E-state index contributed by atoms with van der Waals surface area (Å²) in [4.78, 5) is 3.96. The van der Waals surface area contributed by atoms with Crippen molar-refractivity contribution in [2.24, 2.45) is 0 Å². The summed E-state index contributed by atoms with van der Waals surface area (Å²) >= 11 is 0. The summed E-state index contributed by atoms with van der Waals surface area (Å²) in [5.41, 5.74) is 8.50. The standard InChI is InChI=1S/C10H10N4/c1-7-9(6-10(11)14-13-7)8-2-4-12-5-3-8/h2-6H,1H3,(H2,11,14). The van der Waals surface area contributed by atoms with Crippen LogP contribution >= 0.6 is 0 Å². The number of aryl methyl sites for hydroxylation is 1. The number of nitrogen functional groups attached to an aromatic ring is 1. The molecule has 0 bridgehead atoms. The minimum absolute atomic E-state index is 0.433. The van der Waals surface area contributed by atoms with Gasteiger partial charge in [0.2, 0.25) is 0 Å². The van der Waals surface area contributed by atoms with Gasteiger partial charge in [-0.05, 0) is 30.7 Å². The van der Waals surface area contributed by atoms with Crippen molar-refractivity contribution in [1.29, 1.82) is 0 Å². The average Bonchev–Trinajstić information content (AvgIpc) is 2.23. The van der Waals surface area contributed by atoms with Crippen molar-refractivity contribution in [3.05, 3.63) is 36.3 Å². The molecular formula is C10H10N4. The molecule has 0 fully saturated rings. The summed E-state index contributed by atoms with van der Waals surface area (Å²) in [6, 6.07) is 5.66. The van der Waals surface area contributed by atoms with Gasteiger partial charge in [0.05, 0.1) is 5.69 Å². The van der Waals surface area contributed by atoms with Gasteiger partial charge in [0.25, 0.3) is 0 Å². The third-order valence-electron chi connectivity index (χ3n) is 1.99. The third kappa shape index (κ3) is 1.54. The first-order valence-corrected chi connectivity index (χ1v) is 4.27. The Bertz CT molecular complexity index is 439. The number of hydrogen-bond donors (Lipinski definition) is 1. The summed E-state index contributed by atoms with van der Waals surface area (Å²) in [5, 5.41) is 7.74. The van der Waals surface area contributed by atoms with Crippen LogP contribution in [-0.2, 0) is 0 Å². The Labute approximate surface area is 81.8 Å². The number of nitrogens with two attached hydrogens (primary N) is 1. The number of pyridine rings is 1. The average molecular weight is 186 g/mol. The molecule has 0 radical (unpaired) electrons. The molecule has 0 spiro atoms. The van der Waals surface area contributed by atoms with Crippen molar-refractivity contribution in [3.8, 4) is 11.1 Å². The molecule has 4 nitrogen and oxygen atoms in total. The van der Waals surface area contributed by atoms with Gasteiger partial charge < -0.3 is 5.73 Å². The molecule has 0 saturated heterocycles. The predicted molar refractivity (Wildman–Crippen MR) is 54.4 cm³/mol. The van der Waals surface area contributed by atoms with E-state index in [0.717, 1.165) is 16.8 Å². The lowest BCUT2D eigenvalue weighted by Gasteiger charge is -2.04. The minimum atomic E-state index is 0.433. The van der Waals surface area contributed by atoms with E-state index in [9.17, 15) is 0 Å². The maximum Gasteiger partial charge on any atom is 0.146 e. The molecule has 14 heavy (non-hydrogen) atoms. The maximum atomic E-state index is 5.58. The van der Waals surface area contributed by atoms with E-state index in [1.807, 2.05) is 25.1 Å². The number of hydrogen-bond acceptors (Lipinski definition) is 4. The van der Waals surface area contributed by atoms with Crippen LogP contribution in [0, 0.1) is 6.92 Å². The van der Waals surface area contributed by atoms with Crippen molar-refractivity contribution in [2.45, 2.75) is 6.92 Å². The first-order chi connectivity index (χ1) is 6.77. The molecule has 2 aromatic heterocycles. The van der Waals surface area contributed by atoms with Gasteiger partial charge in [0, 0.05) is 18.0 Å². The summed E-state index contributed by atoms with van der Waals surface area (Å²) in [7, 11) is 0. The zero-order chi connectivity index (χ0) is 9.97. The van der Waals surface area contributed by atoms with Gasteiger partial charge in [-0.3, -0.25) is 4.98 Å². The summed E-state index contributed by atoms with van der Waals surface area (Å²) in [5.74, 6) is 0.433. The van der Waals surface area contributed by atoms with Gasteiger partial charge in [-0.25, -0.2) is 0 Å². The molecule has 0 aliphatic carbocycles. The van der Waals surface area contributed by atoms with Crippen LogP contribution in [0.15, 0.2) is 30.6 Å². The second kappa shape index (κ2) is 3.41. The molecule has 0 aliphatic heterocycles. The molecule has 2 heterocycles. The van der Waals surface area contributed by atoms with E-state index in [4.69, 9.17) is 5.73 Å². The highest BCUT2D eigenvalue weighted by Gasteiger charge is 2.03. The third-order valence-corrected chi connectivity index (χ3v) is 1.99. The van der Waals surface area contributed by atoms with E-state index in [1.54, 1.807) is 12.4 Å². The largest absolute Gasteiger partial charge is 0.382 e. The van der Waals surface area contributed by atoms with Gasteiger partial charge in [-0.15, -0.1) is 5.10 Å². The second-order valence-corrected chi connectivity index (χ2v) is 3.00. The first-order valence-electron chi connectivity index (χ1n) is 4.27. The molecule has 70 valence electrons. The van der Waals surface area contributed by atoms with Gasteiger partial charge >= 0.3 is 0 Å². The topological polar surface area (TPSA) is 64.7 Å². The smallest absolute Gasteiger partial charge is 0.146 e. The Hall–Kier alpha value is -1.97. The van der Waals surface area contributed by atoms with E-state index >= 15 is 0 Å². The van der Waals surface area contributed by atoms with E-state index in [-0.39, 0.29) is 0 Å². The zero-order valence-corrected chi connectivity index (χ0v) is 7.81. The number of anilines is 1. The number of aromatic nitrogens is 3. The Morgan fingerprint density at radius 3 is 2.57 bits per heavy atom. The molecule has 0 amide bonds. The number of rotatable bonds is 1. The Kier molecular flexibility index (Phi) is 2.10. The summed E-state index contributed by atoms with van der Waals surface area (Å²) in [6.07, 6.45) is 3.48. The van der Waals surface area contributed by atoms with Crippen molar-refractivity contribution < 1.29 is 0 Å². The molecule has 0 aliphatic rings. The van der Waals surface area contributed by atoms with E-state index in [0.29, 0.717) is 5.82 Å². The molecule has 0 saturated carbocycles. The molecule has 2 N–H and O–H groups in total. The van der Waals surface area contributed by atoms with Crippen molar-refractivity contribution >= 4 is 5.82 Å². The van der Waals surface area contributed by atoms with Crippen molar-refractivity contribution in [3.63, 3.8) is 0 Å². The first kappa shape index (κ1) is 8.62. The van der Waals surface area contributed by atoms with Crippen LogP contribution in [0.3, 0.4) is 0 Å². The monoisotopic (exact) mass is 186 g/mol. The molecule has 0 unspecified atom stereocenters. The maximum absolute atomic E-state index is 5.58. The van der Waals surface area contributed by atoms with E-state index < -0.39 is 0 Å². The van der Waals surface area contributed by atoms with Crippen molar-refractivity contribution in [2.75, 3.05) is 5.73 Å². The van der Waals surface area contributed by atoms with Crippen LogP contribution in [-0.4, -0.2) is 15.2 Å². The molecule has 0 aromatic carbocycles. The second-order valence-electron chi connectivity index (χ2n) is 3.00. The zero-order valence-electron chi connectivity index (χ0n) is 7.81. The predicted octanol–water partition coefficient (Wildman–Crippen LogP) is 1.43. The van der Waals surface area contributed by atoms with Crippen LogP contribution < -0.4 is 5.73 Å². The van der Waals surface area contributed by atoms with Crippen LogP contribution in [0.25, 0.3) is 11.1 Å². The highest BCUT2D eigenvalue weighted by atomic mass is 15.1. The minimum Gasteiger partial charge on any atom is -0.382 e. The van der Waals surface area contributed by atoms with Crippen LogP contribution in [0.4, 0.5) is 5.82 Å². The van der Waals surface area contributed by atoms with Crippen LogP contribution in [0.1, 0.15) is 5.69 Å². The Morgan fingerprint density at radius 2 is 1.86 bits per heavy atom. The molecule has 2 aromatic rings. The van der Waals surface area contributed by atoms with E-state index in [2.05, 4.69) is 15.2 Å². The fraction of sp³-hybridized carbons (Fsp3) is 0.100. The molecule has 2 rings (SSSR count). The van der Waals surface area contributed by atoms with Crippen molar-refractivity contribution in [1.82, 2.24) is 15.2 Å². The lowest BCUT2D eigenvalue weighted by molar-refractivity contribution is 0.993. The van der Waals surface area contributed by atoms with Gasteiger partial charge in [-0.1, -0.05) is 0 Å². The Balaban J connectivity index is 2.57. The normalized spacial score (nSPS) is 10.1. The summed E-state index contributed by atoms with van der Waals surface area (Å²) < 4.78 is 0. The highest BCUT2D eigenvalue weighted by molar-refractivity contribution is 5.67. The molecule has 0 atom stereocenters.